The van der Waals surface area contributed by atoms with Crippen LogP contribution in [0.1, 0.15) is 28.4 Å². The van der Waals surface area contributed by atoms with Crippen molar-refractivity contribution >= 4 is 27.4 Å². The number of halogens is 1. The van der Waals surface area contributed by atoms with Crippen LogP contribution in [0.2, 0.25) is 0 Å². The third-order valence-corrected chi connectivity index (χ3v) is 3.69. The number of ketones is 1. The molecule has 18 heavy (non-hydrogen) atoms. The summed E-state index contributed by atoms with van der Waals surface area (Å²) in [4.78, 5) is 12.0. The highest BCUT2D eigenvalue weighted by molar-refractivity contribution is 9.10. The summed E-state index contributed by atoms with van der Waals surface area (Å²) < 4.78 is 0.954. The summed E-state index contributed by atoms with van der Waals surface area (Å²) in [5, 5.41) is 3.41. The zero-order valence-corrected chi connectivity index (χ0v) is 11.3. The van der Waals surface area contributed by atoms with Gasteiger partial charge in [0.05, 0.1) is 6.04 Å². The maximum absolute atomic E-state index is 12.0. The molecule has 2 aromatic rings. The number of para-hydroxylation sites is 1. The predicted molar refractivity (Wildman–Crippen MR) is 75.9 cm³/mol. The maximum Gasteiger partial charge on any atom is 0.165 e. The van der Waals surface area contributed by atoms with E-state index >= 15 is 0 Å². The van der Waals surface area contributed by atoms with Gasteiger partial charge >= 0.3 is 0 Å². The molecular weight excluding hydrogens is 290 g/mol. The van der Waals surface area contributed by atoms with Gasteiger partial charge in [0.2, 0.25) is 0 Å². The van der Waals surface area contributed by atoms with Gasteiger partial charge < -0.3 is 5.32 Å². The van der Waals surface area contributed by atoms with Gasteiger partial charge in [-0.15, -0.1) is 0 Å². The van der Waals surface area contributed by atoms with Crippen molar-refractivity contribution in [3.05, 3.63) is 64.1 Å². The summed E-state index contributed by atoms with van der Waals surface area (Å²) in [6.45, 7) is 0. The molecule has 0 saturated heterocycles. The van der Waals surface area contributed by atoms with Crippen LogP contribution in [0.15, 0.2) is 53.0 Å². The van der Waals surface area contributed by atoms with Gasteiger partial charge in [-0.2, -0.15) is 0 Å². The predicted octanol–water partition coefficient (Wildman–Crippen LogP) is 4.19. The van der Waals surface area contributed by atoms with E-state index in [1.807, 2.05) is 48.5 Å². The van der Waals surface area contributed by atoms with Crippen LogP contribution in [-0.2, 0) is 0 Å². The van der Waals surface area contributed by atoms with E-state index in [0.717, 1.165) is 21.3 Å². The van der Waals surface area contributed by atoms with Crippen LogP contribution in [0.5, 0.6) is 0 Å². The summed E-state index contributed by atoms with van der Waals surface area (Å²) in [5.41, 5.74) is 2.97. The van der Waals surface area contributed by atoms with Gasteiger partial charge in [0, 0.05) is 22.1 Å². The Morgan fingerprint density at radius 3 is 2.67 bits per heavy atom. The SMILES string of the molecule is O=C1CC(Nc2ccccc2)c2ccc(Br)cc21. The fourth-order valence-corrected chi connectivity index (χ4v) is 2.70. The Kier molecular flexibility index (Phi) is 2.92. The minimum atomic E-state index is 0.0861. The Bertz CT molecular complexity index is 595. The molecule has 0 heterocycles. The van der Waals surface area contributed by atoms with Crippen LogP contribution in [0.3, 0.4) is 0 Å². The lowest BCUT2D eigenvalue weighted by Gasteiger charge is -2.14. The largest absolute Gasteiger partial charge is 0.378 e. The van der Waals surface area contributed by atoms with Gasteiger partial charge in [0.15, 0.2) is 5.78 Å². The Morgan fingerprint density at radius 2 is 1.89 bits per heavy atom. The first-order chi connectivity index (χ1) is 8.74. The summed E-state index contributed by atoms with van der Waals surface area (Å²) in [6.07, 6.45) is 0.528. The number of fused-ring (bicyclic) bond motifs is 1. The second kappa shape index (κ2) is 4.58. The Labute approximate surface area is 114 Å². The molecule has 0 amide bonds. The number of carbonyl (C=O) groups is 1. The minimum absolute atomic E-state index is 0.0861. The zero-order valence-electron chi connectivity index (χ0n) is 9.69. The molecule has 90 valence electrons. The molecule has 0 aliphatic heterocycles. The highest BCUT2D eigenvalue weighted by atomic mass is 79.9. The number of carbonyl (C=O) groups excluding carboxylic acids is 1. The van der Waals surface area contributed by atoms with Crippen molar-refractivity contribution < 1.29 is 4.79 Å². The highest BCUT2D eigenvalue weighted by Gasteiger charge is 2.29. The fraction of sp³-hybridized carbons (Fsp3) is 0.133. The van der Waals surface area contributed by atoms with Crippen molar-refractivity contribution in [3.8, 4) is 0 Å². The fourth-order valence-electron chi connectivity index (χ4n) is 2.34. The van der Waals surface area contributed by atoms with Crippen LogP contribution < -0.4 is 5.32 Å². The van der Waals surface area contributed by atoms with Gasteiger partial charge in [-0.05, 0) is 29.8 Å². The Morgan fingerprint density at radius 1 is 1.11 bits per heavy atom. The molecule has 1 aliphatic rings. The van der Waals surface area contributed by atoms with Crippen LogP contribution in [0.25, 0.3) is 0 Å². The maximum atomic E-state index is 12.0. The van der Waals surface area contributed by atoms with Crippen molar-refractivity contribution in [1.82, 2.24) is 0 Å². The van der Waals surface area contributed by atoms with Gasteiger partial charge in [0.1, 0.15) is 0 Å². The van der Waals surface area contributed by atoms with E-state index in [9.17, 15) is 4.79 Å². The van der Waals surface area contributed by atoms with Crippen molar-refractivity contribution in [2.75, 3.05) is 5.32 Å². The van der Waals surface area contributed by atoms with E-state index in [0.29, 0.717) is 6.42 Å². The first kappa shape index (κ1) is 11.5. The molecule has 1 atom stereocenters. The molecule has 0 aromatic heterocycles. The van der Waals surface area contributed by atoms with E-state index in [-0.39, 0.29) is 11.8 Å². The molecule has 2 nitrogen and oxygen atoms in total. The quantitative estimate of drug-likeness (QED) is 0.901. The zero-order chi connectivity index (χ0) is 12.5. The molecular formula is C15H12BrNO. The summed E-state index contributed by atoms with van der Waals surface area (Å²) >= 11 is 3.41. The lowest BCUT2D eigenvalue weighted by Crippen LogP contribution is -2.07. The van der Waals surface area contributed by atoms with E-state index in [1.165, 1.54) is 0 Å². The first-order valence-corrected chi connectivity index (χ1v) is 6.67. The molecule has 1 unspecified atom stereocenters. The molecule has 0 fully saturated rings. The number of rotatable bonds is 2. The van der Waals surface area contributed by atoms with Crippen LogP contribution >= 0.6 is 15.9 Å². The molecule has 1 N–H and O–H groups in total. The Balaban J connectivity index is 1.91. The van der Waals surface area contributed by atoms with Crippen LogP contribution in [0, 0.1) is 0 Å². The van der Waals surface area contributed by atoms with Crippen molar-refractivity contribution in [1.29, 1.82) is 0 Å². The second-order valence-electron chi connectivity index (χ2n) is 4.42. The summed E-state index contributed by atoms with van der Waals surface area (Å²) in [6, 6.07) is 16.0. The third kappa shape index (κ3) is 2.06. The molecule has 3 heteroatoms. The molecule has 0 bridgehead atoms. The molecule has 2 aromatic carbocycles. The van der Waals surface area contributed by atoms with Crippen molar-refractivity contribution in [2.45, 2.75) is 12.5 Å². The molecule has 0 saturated carbocycles. The van der Waals surface area contributed by atoms with Crippen LogP contribution in [-0.4, -0.2) is 5.78 Å². The minimum Gasteiger partial charge on any atom is -0.378 e. The van der Waals surface area contributed by atoms with Crippen LogP contribution in [0.4, 0.5) is 5.69 Å². The Hall–Kier alpha value is -1.61. The van der Waals surface area contributed by atoms with Crippen molar-refractivity contribution in [3.63, 3.8) is 0 Å². The number of hydrogen-bond donors (Lipinski definition) is 1. The van der Waals surface area contributed by atoms with E-state index < -0.39 is 0 Å². The van der Waals surface area contributed by atoms with E-state index in [1.54, 1.807) is 0 Å². The number of anilines is 1. The number of Topliss-reactive ketones (excluding diaryl/α,β-unsaturated/α-hetero) is 1. The third-order valence-electron chi connectivity index (χ3n) is 3.20. The number of hydrogen-bond acceptors (Lipinski definition) is 2. The monoisotopic (exact) mass is 301 g/mol. The van der Waals surface area contributed by atoms with Gasteiger partial charge in [-0.25, -0.2) is 0 Å². The number of nitrogens with one attached hydrogen (secondary N) is 1. The van der Waals surface area contributed by atoms with E-state index in [4.69, 9.17) is 0 Å². The van der Waals surface area contributed by atoms with Gasteiger partial charge in [-0.1, -0.05) is 40.2 Å². The topological polar surface area (TPSA) is 29.1 Å². The lowest BCUT2D eigenvalue weighted by molar-refractivity contribution is 0.0990. The average Bonchev–Trinajstić information content (AvgIpc) is 2.67. The molecule has 1 aliphatic carbocycles. The van der Waals surface area contributed by atoms with Crippen molar-refractivity contribution in [2.24, 2.45) is 0 Å². The summed E-state index contributed by atoms with van der Waals surface area (Å²) in [5.74, 6) is 0.208. The summed E-state index contributed by atoms with van der Waals surface area (Å²) in [7, 11) is 0. The average molecular weight is 302 g/mol. The second-order valence-corrected chi connectivity index (χ2v) is 5.34. The smallest absolute Gasteiger partial charge is 0.165 e. The molecule has 0 radical (unpaired) electrons. The number of benzene rings is 2. The lowest BCUT2D eigenvalue weighted by atomic mass is 10.1. The van der Waals surface area contributed by atoms with E-state index in [2.05, 4.69) is 21.2 Å². The first-order valence-electron chi connectivity index (χ1n) is 5.88. The standard InChI is InChI=1S/C15H12BrNO/c16-10-6-7-12-13(8-10)15(18)9-14(12)17-11-4-2-1-3-5-11/h1-8,14,17H,9H2. The van der Waals surface area contributed by atoms with Gasteiger partial charge in [0.25, 0.3) is 0 Å². The van der Waals surface area contributed by atoms with Gasteiger partial charge in [-0.3, -0.25) is 4.79 Å². The highest BCUT2D eigenvalue weighted by Crippen LogP contribution is 2.35. The normalized spacial score (nSPS) is 17.6. The molecule has 3 rings (SSSR count). The molecule has 0 spiro atoms.